The first kappa shape index (κ1) is 17.7. The first-order valence-electron chi connectivity index (χ1n) is 8.60. The van der Waals surface area contributed by atoms with Gasteiger partial charge in [-0.15, -0.1) is 0 Å². The second-order valence-corrected chi connectivity index (χ2v) is 6.22. The molecule has 26 heavy (non-hydrogen) atoms. The maximum Gasteiger partial charge on any atom is 0.270 e. The molecule has 3 rings (SSSR count). The molecule has 0 spiro atoms. The van der Waals surface area contributed by atoms with Gasteiger partial charge in [-0.25, -0.2) is 0 Å². The van der Waals surface area contributed by atoms with Gasteiger partial charge in [0.25, 0.3) is 5.69 Å². The molecule has 2 aromatic rings. The van der Waals surface area contributed by atoms with E-state index in [2.05, 4.69) is 5.32 Å². The van der Waals surface area contributed by atoms with Crippen LogP contribution in [0, 0.1) is 10.1 Å². The highest BCUT2D eigenvalue weighted by Crippen LogP contribution is 2.25. The van der Waals surface area contributed by atoms with Crippen LogP contribution in [0.5, 0.6) is 5.75 Å². The fourth-order valence-corrected chi connectivity index (χ4v) is 2.91. The molecular formula is C20H20N2O4. The average Bonchev–Trinajstić information content (AvgIpc) is 3.15. The van der Waals surface area contributed by atoms with Crippen LogP contribution in [0.4, 0.5) is 11.4 Å². The van der Waals surface area contributed by atoms with Gasteiger partial charge in [0.15, 0.2) is 0 Å². The van der Waals surface area contributed by atoms with Crippen LogP contribution in [0.15, 0.2) is 54.6 Å². The smallest absolute Gasteiger partial charge is 0.270 e. The third kappa shape index (κ3) is 4.92. The largest absolute Gasteiger partial charge is 0.490 e. The molecule has 1 N–H and O–H groups in total. The molecule has 0 aromatic heterocycles. The van der Waals surface area contributed by atoms with Gasteiger partial charge in [-0.05, 0) is 61.6 Å². The number of benzene rings is 2. The quantitative estimate of drug-likeness (QED) is 0.469. The maximum atomic E-state index is 12.0. The monoisotopic (exact) mass is 352 g/mol. The molecule has 0 atom stereocenters. The molecule has 0 heterocycles. The maximum absolute atomic E-state index is 12.0. The highest BCUT2D eigenvalue weighted by atomic mass is 16.6. The minimum Gasteiger partial charge on any atom is -0.490 e. The Labute approximate surface area is 151 Å². The zero-order valence-corrected chi connectivity index (χ0v) is 14.3. The molecule has 0 saturated heterocycles. The summed E-state index contributed by atoms with van der Waals surface area (Å²) in [5, 5.41) is 13.5. The molecule has 6 heteroatoms. The lowest BCUT2D eigenvalue weighted by Gasteiger charge is -2.13. The zero-order valence-electron chi connectivity index (χ0n) is 14.3. The number of hydrogen-bond donors (Lipinski definition) is 1. The highest BCUT2D eigenvalue weighted by Gasteiger charge is 2.16. The van der Waals surface area contributed by atoms with Crippen molar-refractivity contribution in [2.24, 2.45) is 0 Å². The number of rotatable bonds is 6. The van der Waals surface area contributed by atoms with Gasteiger partial charge < -0.3 is 10.1 Å². The summed E-state index contributed by atoms with van der Waals surface area (Å²) in [5.41, 5.74) is 1.25. The first-order valence-corrected chi connectivity index (χ1v) is 8.60. The van der Waals surface area contributed by atoms with Gasteiger partial charge in [-0.3, -0.25) is 14.9 Å². The molecule has 0 bridgehead atoms. The van der Waals surface area contributed by atoms with Gasteiger partial charge in [0.2, 0.25) is 5.91 Å². The molecule has 0 radical (unpaired) electrons. The van der Waals surface area contributed by atoms with E-state index in [4.69, 9.17) is 4.74 Å². The number of amides is 1. The van der Waals surface area contributed by atoms with E-state index in [9.17, 15) is 14.9 Å². The van der Waals surface area contributed by atoms with Crippen molar-refractivity contribution >= 4 is 23.4 Å². The summed E-state index contributed by atoms with van der Waals surface area (Å²) < 4.78 is 5.89. The van der Waals surface area contributed by atoms with Crippen molar-refractivity contribution in [1.29, 1.82) is 0 Å². The summed E-state index contributed by atoms with van der Waals surface area (Å²) in [6, 6.07) is 13.4. The van der Waals surface area contributed by atoms with E-state index in [1.165, 1.54) is 31.1 Å². The van der Waals surface area contributed by atoms with Crippen molar-refractivity contribution in [3.63, 3.8) is 0 Å². The number of hydrogen-bond acceptors (Lipinski definition) is 4. The van der Waals surface area contributed by atoms with Gasteiger partial charge in [-0.1, -0.05) is 12.1 Å². The topological polar surface area (TPSA) is 81.5 Å². The zero-order chi connectivity index (χ0) is 18.4. The number of non-ortho nitro benzene ring substituents is 1. The van der Waals surface area contributed by atoms with E-state index < -0.39 is 4.92 Å². The van der Waals surface area contributed by atoms with Gasteiger partial charge >= 0.3 is 0 Å². The fraction of sp³-hybridized carbons (Fsp3) is 0.250. The Hall–Kier alpha value is -3.15. The number of nitrogens with one attached hydrogen (secondary N) is 1. The van der Waals surface area contributed by atoms with Crippen molar-refractivity contribution in [2.75, 3.05) is 5.32 Å². The van der Waals surface area contributed by atoms with E-state index in [-0.39, 0.29) is 11.6 Å². The van der Waals surface area contributed by atoms with Crippen LogP contribution < -0.4 is 10.1 Å². The van der Waals surface area contributed by atoms with Crippen LogP contribution in [0.2, 0.25) is 0 Å². The molecule has 0 aliphatic heterocycles. The van der Waals surface area contributed by atoms with E-state index in [1.54, 1.807) is 30.3 Å². The molecule has 1 amide bonds. The summed E-state index contributed by atoms with van der Waals surface area (Å²) in [6.07, 6.45) is 7.82. The number of ether oxygens (including phenoxy) is 1. The van der Waals surface area contributed by atoms with Gasteiger partial charge in [-0.2, -0.15) is 0 Å². The number of nitro benzene ring substituents is 1. The van der Waals surface area contributed by atoms with Crippen molar-refractivity contribution < 1.29 is 14.5 Å². The first-order chi connectivity index (χ1) is 12.6. The highest BCUT2D eigenvalue weighted by molar-refractivity contribution is 6.01. The Kier molecular flexibility index (Phi) is 5.63. The summed E-state index contributed by atoms with van der Waals surface area (Å²) in [4.78, 5) is 22.3. The third-order valence-electron chi connectivity index (χ3n) is 4.23. The summed E-state index contributed by atoms with van der Waals surface area (Å²) in [7, 11) is 0. The predicted molar refractivity (Wildman–Crippen MR) is 100 cm³/mol. The lowest BCUT2D eigenvalue weighted by atomic mass is 10.2. The van der Waals surface area contributed by atoms with Gasteiger partial charge in [0.1, 0.15) is 5.75 Å². The summed E-state index contributed by atoms with van der Waals surface area (Å²) in [5.74, 6) is 0.503. The van der Waals surface area contributed by atoms with Gasteiger partial charge in [0, 0.05) is 23.9 Å². The molecular weight excluding hydrogens is 332 g/mol. The molecule has 0 unspecified atom stereocenters. The second-order valence-electron chi connectivity index (χ2n) is 6.22. The van der Waals surface area contributed by atoms with Crippen molar-refractivity contribution in [1.82, 2.24) is 0 Å². The number of nitrogens with zero attached hydrogens (tertiary/aromatic N) is 1. The number of carbonyl (C=O) groups is 1. The Morgan fingerprint density at radius 1 is 1.15 bits per heavy atom. The van der Waals surface area contributed by atoms with Crippen molar-refractivity contribution in [2.45, 2.75) is 31.8 Å². The SMILES string of the molecule is O=C(/C=C/c1cccc([N+](=O)[O-])c1)Nc1ccc(OC2CCCC2)cc1. The number of nitro groups is 1. The van der Waals surface area contributed by atoms with Gasteiger partial charge in [0.05, 0.1) is 11.0 Å². The lowest BCUT2D eigenvalue weighted by molar-refractivity contribution is -0.384. The Bertz CT molecular complexity index is 809. The molecule has 1 aliphatic rings. The number of anilines is 1. The van der Waals surface area contributed by atoms with E-state index in [1.807, 2.05) is 12.1 Å². The minimum absolute atomic E-state index is 0.00888. The van der Waals surface area contributed by atoms with E-state index in [0.717, 1.165) is 18.6 Å². The van der Waals surface area contributed by atoms with E-state index >= 15 is 0 Å². The van der Waals surface area contributed by atoms with Crippen LogP contribution in [0.3, 0.4) is 0 Å². The molecule has 2 aromatic carbocycles. The lowest BCUT2D eigenvalue weighted by Crippen LogP contribution is -2.11. The van der Waals surface area contributed by atoms with Crippen LogP contribution in [0.25, 0.3) is 6.08 Å². The second kappa shape index (κ2) is 8.29. The molecule has 1 aliphatic carbocycles. The Morgan fingerprint density at radius 3 is 2.58 bits per heavy atom. The fourth-order valence-electron chi connectivity index (χ4n) is 2.91. The average molecular weight is 352 g/mol. The van der Waals surface area contributed by atoms with E-state index in [0.29, 0.717) is 17.4 Å². The Morgan fingerprint density at radius 2 is 1.88 bits per heavy atom. The summed E-state index contributed by atoms with van der Waals surface area (Å²) in [6.45, 7) is 0. The predicted octanol–water partition coefficient (Wildman–Crippen LogP) is 4.57. The van der Waals surface area contributed by atoms with Crippen molar-refractivity contribution in [3.8, 4) is 5.75 Å². The molecule has 134 valence electrons. The minimum atomic E-state index is -0.466. The van der Waals surface area contributed by atoms with Crippen LogP contribution in [-0.2, 0) is 4.79 Å². The molecule has 6 nitrogen and oxygen atoms in total. The number of carbonyl (C=O) groups excluding carboxylic acids is 1. The Balaban J connectivity index is 1.55. The molecule has 1 fully saturated rings. The standard InChI is InChI=1S/C20H20N2O4/c23-20(13-8-15-4-3-5-17(14-15)22(24)25)21-16-9-11-19(12-10-16)26-18-6-1-2-7-18/h3-5,8-14,18H,1-2,6-7H2,(H,21,23)/b13-8+. The van der Waals surface area contributed by atoms with Crippen LogP contribution >= 0.6 is 0 Å². The molecule has 1 saturated carbocycles. The van der Waals surface area contributed by atoms with Crippen LogP contribution in [-0.4, -0.2) is 16.9 Å². The third-order valence-corrected chi connectivity index (χ3v) is 4.23. The van der Waals surface area contributed by atoms with Crippen LogP contribution in [0.1, 0.15) is 31.2 Å². The summed E-state index contributed by atoms with van der Waals surface area (Å²) >= 11 is 0. The van der Waals surface area contributed by atoms with Crippen molar-refractivity contribution in [3.05, 3.63) is 70.3 Å². The normalized spacial score (nSPS) is 14.5.